The van der Waals surface area contributed by atoms with E-state index in [9.17, 15) is 18.0 Å². The molecule has 170 valence electrons. The topological polar surface area (TPSA) is 86.8 Å². The Morgan fingerprint density at radius 2 is 1.61 bits per heavy atom. The van der Waals surface area contributed by atoms with Crippen molar-refractivity contribution in [2.75, 3.05) is 18.0 Å². The second-order valence-corrected chi connectivity index (χ2v) is 11.0. The Kier molecular flexibility index (Phi) is 6.67. The Bertz CT molecular complexity index is 932. The maximum Gasteiger partial charge on any atom is 0.243 e. The van der Waals surface area contributed by atoms with Gasteiger partial charge in [-0.1, -0.05) is 32.1 Å². The number of hydrogen-bond donors (Lipinski definition) is 1. The minimum atomic E-state index is -3.54. The highest BCUT2D eigenvalue weighted by Crippen LogP contribution is 2.35. The Balaban J connectivity index is 1.54. The minimum Gasteiger partial charge on any atom is -0.352 e. The Morgan fingerprint density at radius 3 is 2.26 bits per heavy atom. The summed E-state index contributed by atoms with van der Waals surface area (Å²) in [5.74, 6) is -0.340. The van der Waals surface area contributed by atoms with Crippen LogP contribution in [0.15, 0.2) is 23.1 Å². The predicted octanol–water partition coefficient (Wildman–Crippen LogP) is 2.98. The van der Waals surface area contributed by atoms with Crippen molar-refractivity contribution in [2.45, 2.75) is 88.1 Å². The summed E-state index contributed by atoms with van der Waals surface area (Å²) in [6.07, 6.45) is 9.96. The van der Waals surface area contributed by atoms with E-state index in [2.05, 4.69) is 5.32 Å². The summed E-state index contributed by atoms with van der Waals surface area (Å²) in [6.45, 7) is 2.55. The van der Waals surface area contributed by atoms with Gasteiger partial charge < -0.3 is 5.32 Å². The van der Waals surface area contributed by atoms with Gasteiger partial charge in [0, 0.05) is 38.2 Å². The summed E-state index contributed by atoms with van der Waals surface area (Å²) >= 11 is 0. The SMILES string of the molecule is CC(=O)N1c2ccc(S(=O)(=O)N3CCCC3)cc2C[C@H]1C(=O)NC1CCCCCCC1. The third-order valence-electron chi connectivity index (χ3n) is 6.83. The molecule has 0 spiro atoms. The fourth-order valence-electron chi connectivity index (χ4n) is 5.16. The first-order chi connectivity index (χ1) is 14.9. The second kappa shape index (κ2) is 9.28. The van der Waals surface area contributed by atoms with Gasteiger partial charge in [-0.15, -0.1) is 0 Å². The van der Waals surface area contributed by atoms with E-state index < -0.39 is 16.1 Å². The lowest BCUT2D eigenvalue weighted by Gasteiger charge is -2.27. The molecule has 0 bridgehead atoms. The van der Waals surface area contributed by atoms with E-state index in [-0.39, 0.29) is 22.8 Å². The van der Waals surface area contributed by atoms with Crippen LogP contribution in [-0.4, -0.2) is 49.7 Å². The first-order valence-corrected chi connectivity index (χ1v) is 13.0. The zero-order valence-electron chi connectivity index (χ0n) is 18.3. The molecule has 2 aliphatic heterocycles. The molecule has 1 atom stereocenters. The molecular weight excluding hydrogens is 414 g/mol. The smallest absolute Gasteiger partial charge is 0.243 e. The molecular formula is C23H33N3O4S. The van der Waals surface area contributed by atoms with Crippen LogP contribution >= 0.6 is 0 Å². The van der Waals surface area contributed by atoms with Crippen molar-refractivity contribution in [3.63, 3.8) is 0 Å². The van der Waals surface area contributed by atoms with Crippen molar-refractivity contribution in [3.05, 3.63) is 23.8 Å². The third kappa shape index (κ3) is 4.65. The Labute approximate surface area is 185 Å². The van der Waals surface area contributed by atoms with Gasteiger partial charge in [-0.25, -0.2) is 8.42 Å². The average Bonchev–Trinajstić information content (AvgIpc) is 3.37. The molecule has 0 unspecified atom stereocenters. The van der Waals surface area contributed by atoms with Crippen molar-refractivity contribution >= 4 is 27.5 Å². The van der Waals surface area contributed by atoms with Gasteiger partial charge in [0.1, 0.15) is 6.04 Å². The maximum atomic E-state index is 13.2. The number of fused-ring (bicyclic) bond motifs is 1. The summed E-state index contributed by atoms with van der Waals surface area (Å²) in [7, 11) is -3.54. The van der Waals surface area contributed by atoms with Gasteiger partial charge in [-0.05, 0) is 49.4 Å². The monoisotopic (exact) mass is 447 g/mol. The number of sulfonamides is 1. The lowest BCUT2D eigenvalue weighted by molar-refractivity contribution is -0.126. The van der Waals surface area contributed by atoms with Gasteiger partial charge in [0.25, 0.3) is 0 Å². The van der Waals surface area contributed by atoms with Crippen LogP contribution in [0.4, 0.5) is 5.69 Å². The molecule has 0 radical (unpaired) electrons. The summed E-state index contributed by atoms with van der Waals surface area (Å²) in [5.41, 5.74) is 1.39. The summed E-state index contributed by atoms with van der Waals surface area (Å²) in [6, 6.07) is 4.43. The number of nitrogens with zero attached hydrogens (tertiary/aromatic N) is 2. The normalized spacial score (nSPS) is 23.3. The molecule has 7 nitrogen and oxygen atoms in total. The molecule has 1 saturated heterocycles. The zero-order valence-corrected chi connectivity index (χ0v) is 19.1. The number of hydrogen-bond acceptors (Lipinski definition) is 4. The molecule has 31 heavy (non-hydrogen) atoms. The standard InChI is InChI=1S/C23H33N3O4S/c1-17(27)26-21-12-11-20(31(29,30)25-13-7-8-14-25)15-18(21)16-22(26)23(28)24-19-9-5-3-2-4-6-10-19/h11-12,15,19,22H,2-10,13-14,16H2,1H3,(H,24,28)/t22-/m0/s1. The van der Waals surface area contributed by atoms with Crippen LogP contribution < -0.4 is 10.2 Å². The predicted molar refractivity (Wildman–Crippen MR) is 119 cm³/mol. The molecule has 8 heteroatoms. The number of anilines is 1. The van der Waals surface area contributed by atoms with Crippen LogP contribution in [-0.2, 0) is 26.0 Å². The minimum absolute atomic E-state index is 0.138. The molecule has 1 N–H and O–H groups in total. The molecule has 3 aliphatic rings. The number of amides is 2. The molecule has 2 fully saturated rings. The molecule has 1 saturated carbocycles. The van der Waals surface area contributed by atoms with Crippen molar-refractivity contribution in [1.29, 1.82) is 0 Å². The fraction of sp³-hybridized carbons (Fsp3) is 0.652. The van der Waals surface area contributed by atoms with E-state index in [4.69, 9.17) is 0 Å². The van der Waals surface area contributed by atoms with Gasteiger partial charge >= 0.3 is 0 Å². The molecule has 2 amide bonds. The van der Waals surface area contributed by atoms with Gasteiger partial charge in [0.15, 0.2) is 0 Å². The van der Waals surface area contributed by atoms with E-state index in [1.165, 1.54) is 35.4 Å². The lowest BCUT2D eigenvalue weighted by atomic mass is 9.96. The van der Waals surface area contributed by atoms with Crippen LogP contribution in [0.2, 0.25) is 0 Å². The molecule has 1 aromatic rings. The van der Waals surface area contributed by atoms with Crippen LogP contribution in [0.5, 0.6) is 0 Å². The van der Waals surface area contributed by atoms with E-state index in [1.54, 1.807) is 18.2 Å². The molecule has 4 rings (SSSR count). The summed E-state index contributed by atoms with van der Waals surface area (Å²) < 4.78 is 27.4. The maximum absolute atomic E-state index is 13.2. The van der Waals surface area contributed by atoms with Gasteiger partial charge in [0.2, 0.25) is 21.8 Å². The second-order valence-electron chi connectivity index (χ2n) is 9.06. The van der Waals surface area contributed by atoms with E-state index in [0.29, 0.717) is 25.2 Å². The van der Waals surface area contributed by atoms with Crippen molar-refractivity contribution in [3.8, 4) is 0 Å². The van der Waals surface area contributed by atoms with Crippen molar-refractivity contribution in [2.24, 2.45) is 0 Å². The fourth-order valence-corrected chi connectivity index (χ4v) is 6.73. The molecule has 1 aliphatic carbocycles. The van der Waals surface area contributed by atoms with Crippen LogP contribution in [0.25, 0.3) is 0 Å². The Morgan fingerprint density at radius 1 is 0.968 bits per heavy atom. The summed E-state index contributed by atoms with van der Waals surface area (Å²) in [5, 5.41) is 3.18. The Hall–Kier alpha value is -1.93. The van der Waals surface area contributed by atoms with Gasteiger partial charge in [-0.2, -0.15) is 4.31 Å². The van der Waals surface area contributed by atoms with Crippen LogP contribution in [0, 0.1) is 0 Å². The zero-order chi connectivity index (χ0) is 22.0. The van der Waals surface area contributed by atoms with Crippen molar-refractivity contribution in [1.82, 2.24) is 9.62 Å². The molecule has 0 aromatic heterocycles. The summed E-state index contributed by atoms with van der Waals surface area (Å²) in [4.78, 5) is 27.4. The number of carbonyl (C=O) groups is 2. The first-order valence-electron chi connectivity index (χ1n) is 11.6. The number of rotatable bonds is 4. The third-order valence-corrected chi connectivity index (χ3v) is 8.73. The highest BCUT2D eigenvalue weighted by Gasteiger charge is 2.39. The number of nitrogens with one attached hydrogen (secondary N) is 1. The van der Waals surface area contributed by atoms with E-state index >= 15 is 0 Å². The lowest BCUT2D eigenvalue weighted by Crippen LogP contribution is -2.50. The number of benzene rings is 1. The van der Waals surface area contributed by atoms with Gasteiger partial charge in [-0.3, -0.25) is 14.5 Å². The van der Waals surface area contributed by atoms with Crippen molar-refractivity contribution < 1.29 is 18.0 Å². The highest BCUT2D eigenvalue weighted by molar-refractivity contribution is 7.89. The van der Waals surface area contributed by atoms with Crippen LogP contribution in [0.1, 0.15) is 70.3 Å². The molecule has 1 aromatic carbocycles. The largest absolute Gasteiger partial charge is 0.352 e. The quantitative estimate of drug-likeness (QED) is 0.769. The highest BCUT2D eigenvalue weighted by atomic mass is 32.2. The molecule has 2 heterocycles. The van der Waals surface area contributed by atoms with E-state index in [0.717, 1.165) is 44.1 Å². The number of carbonyl (C=O) groups excluding carboxylic acids is 2. The van der Waals surface area contributed by atoms with Crippen LogP contribution in [0.3, 0.4) is 0 Å². The van der Waals surface area contributed by atoms with Gasteiger partial charge in [0.05, 0.1) is 4.90 Å². The average molecular weight is 448 g/mol. The first kappa shape index (κ1) is 22.3. The van der Waals surface area contributed by atoms with E-state index in [1.807, 2.05) is 0 Å².